The van der Waals surface area contributed by atoms with E-state index in [2.05, 4.69) is 31.1 Å². The first-order chi connectivity index (χ1) is 9.63. The van der Waals surface area contributed by atoms with Crippen LogP contribution in [-0.2, 0) is 20.0 Å². The Morgan fingerprint density at radius 1 is 1.35 bits per heavy atom. The third-order valence-corrected chi connectivity index (χ3v) is 4.28. The minimum absolute atomic E-state index is 0.471. The molecule has 1 atom stereocenters. The molecule has 20 heavy (non-hydrogen) atoms. The highest BCUT2D eigenvalue weighted by atomic mass is 79.9. The van der Waals surface area contributed by atoms with Crippen LogP contribution in [-0.4, -0.2) is 38.1 Å². The molecule has 2 aromatic rings. The predicted octanol–water partition coefficient (Wildman–Crippen LogP) is 1.67. The first-order valence-electron chi connectivity index (χ1n) is 6.67. The second-order valence-electron chi connectivity index (χ2n) is 5.16. The molecular formula is C14H17BrN4O. The van der Waals surface area contributed by atoms with Crippen molar-refractivity contribution in [3.63, 3.8) is 0 Å². The Balaban J connectivity index is 1.66. The minimum Gasteiger partial charge on any atom is -0.387 e. The Morgan fingerprint density at radius 3 is 2.85 bits per heavy atom. The van der Waals surface area contributed by atoms with Gasteiger partial charge in [0.25, 0.3) is 0 Å². The number of aliphatic hydroxyl groups excluding tert-OH is 1. The zero-order valence-corrected chi connectivity index (χ0v) is 12.9. The van der Waals surface area contributed by atoms with Gasteiger partial charge in [0.1, 0.15) is 0 Å². The van der Waals surface area contributed by atoms with E-state index in [1.807, 2.05) is 36.0 Å². The summed E-state index contributed by atoms with van der Waals surface area (Å²) in [6.07, 6.45) is 0.465. The number of fused-ring (bicyclic) bond motifs is 1. The number of nitrogens with zero attached hydrogens (tertiary/aromatic N) is 4. The predicted molar refractivity (Wildman–Crippen MR) is 79.1 cm³/mol. The summed E-state index contributed by atoms with van der Waals surface area (Å²) in [6, 6.07) is 7.81. The van der Waals surface area contributed by atoms with Gasteiger partial charge in [-0.05, 0) is 17.7 Å². The Bertz CT molecular complexity index is 596. The average Bonchev–Trinajstić information content (AvgIpc) is 2.81. The van der Waals surface area contributed by atoms with Gasteiger partial charge in [-0.1, -0.05) is 33.3 Å². The highest BCUT2D eigenvalue weighted by Crippen LogP contribution is 2.21. The maximum Gasteiger partial charge on any atom is 0.0999 e. The van der Waals surface area contributed by atoms with Gasteiger partial charge in [-0.25, -0.2) is 0 Å². The van der Waals surface area contributed by atoms with Gasteiger partial charge in [-0.15, -0.1) is 5.10 Å². The van der Waals surface area contributed by atoms with E-state index in [1.54, 1.807) is 0 Å². The third-order valence-electron chi connectivity index (χ3n) is 3.75. The van der Waals surface area contributed by atoms with Gasteiger partial charge in [0, 0.05) is 37.6 Å². The SMILES string of the molecule is Cn1nnc2c1CCN(C[C@H](O)c1ccc(Br)cc1)C2. The number of hydrogen-bond donors (Lipinski definition) is 1. The van der Waals surface area contributed by atoms with Crippen LogP contribution in [0.15, 0.2) is 28.7 Å². The zero-order chi connectivity index (χ0) is 14.1. The van der Waals surface area contributed by atoms with Crippen molar-refractivity contribution in [3.05, 3.63) is 45.7 Å². The molecule has 0 radical (unpaired) electrons. The van der Waals surface area contributed by atoms with Crippen LogP contribution in [0.5, 0.6) is 0 Å². The Hall–Kier alpha value is -1.24. The topological polar surface area (TPSA) is 54.2 Å². The van der Waals surface area contributed by atoms with Crippen molar-refractivity contribution in [3.8, 4) is 0 Å². The number of aryl methyl sites for hydroxylation is 1. The van der Waals surface area contributed by atoms with Crippen molar-refractivity contribution in [1.29, 1.82) is 0 Å². The molecule has 0 saturated heterocycles. The number of hydrogen-bond acceptors (Lipinski definition) is 4. The lowest BCUT2D eigenvalue weighted by atomic mass is 10.1. The molecule has 1 aliphatic rings. The molecule has 1 aromatic heterocycles. The van der Waals surface area contributed by atoms with E-state index in [1.165, 1.54) is 5.69 Å². The van der Waals surface area contributed by atoms with Crippen LogP contribution in [0.1, 0.15) is 23.1 Å². The summed E-state index contributed by atoms with van der Waals surface area (Å²) in [5, 5.41) is 18.6. The summed E-state index contributed by atoms with van der Waals surface area (Å²) in [4.78, 5) is 2.23. The van der Waals surface area contributed by atoms with Crippen LogP contribution in [0.2, 0.25) is 0 Å². The fraction of sp³-hybridized carbons (Fsp3) is 0.429. The van der Waals surface area contributed by atoms with E-state index in [0.717, 1.165) is 35.2 Å². The highest BCUT2D eigenvalue weighted by Gasteiger charge is 2.23. The lowest BCUT2D eigenvalue weighted by Crippen LogP contribution is -2.34. The molecule has 0 aliphatic carbocycles. The second-order valence-corrected chi connectivity index (χ2v) is 6.07. The minimum atomic E-state index is -0.471. The average molecular weight is 337 g/mol. The molecule has 5 nitrogen and oxygen atoms in total. The molecular weight excluding hydrogens is 320 g/mol. The van der Waals surface area contributed by atoms with Crippen LogP contribution >= 0.6 is 15.9 Å². The standard InChI is InChI=1S/C14H17BrN4O/c1-18-13-6-7-19(8-12(13)16-17-18)9-14(20)10-2-4-11(15)5-3-10/h2-5,14,20H,6-9H2,1H3/t14-/m0/s1. The van der Waals surface area contributed by atoms with Gasteiger partial charge in [0.05, 0.1) is 17.5 Å². The molecule has 6 heteroatoms. The van der Waals surface area contributed by atoms with Crippen molar-refractivity contribution in [1.82, 2.24) is 19.9 Å². The smallest absolute Gasteiger partial charge is 0.0999 e. The molecule has 0 spiro atoms. The molecule has 3 rings (SSSR count). The molecule has 2 heterocycles. The van der Waals surface area contributed by atoms with Gasteiger partial charge >= 0.3 is 0 Å². The molecule has 0 saturated carbocycles. The Morgan fingerprint density at radius 2 is 2.10 bits per heavy atom. The normalized spacial score (nSPS) is 16.9. The number of halogens is 1. The zero-order valence-electron chi connectivity index (χ0n) is 11.3. The van der Waals surface area contributed by atoms with Crippen LogP contribution in [0.3, 0.4) is 0 Å². The van der Waals surface area contributed by atoms with Gasteiger partial charge in [-0.2, -0.15) is 0 Å². The van der Waals surface area contributed by atoms with Crippen molar-refractivity contribution >= 4 is 15.9 Å². The molecule has 1 aromatic carbocycles. The number of rotatable bonds is 3. The molecule has 1 aliphatic heterocycles. The molecule has 0 fully saturated rings. The van der Waals surface area contributed by atoms with E-state index >= 15 is 0 Å². The lowest BCUT2D eigenvalue weighted by Gasteiger charge is -2.28. The van der Waals surface area contributed by atoms with Crippen LogP contribution < -0.4 is 0 Å². The maximum absolute atomic E-state index is 10.3. The summed E-state index contributed by atoms with van der Waals surface area (Å²) < 4.78 is 2.87. The summed E-state index contributed by atoms with van der Waals surface area (Å²) >= 11 is 3.40. The van der Waals surface area contributed by atoms with Crippen molar-refractivity contribution < 1.29 is 5.11 Å². The fourth-order valence-corrected chi connectivity index (χ4v) is 2.86. The lowest BCUT2D eigenvalue weighted by molar-refractivity contribution is 0.105. The Labute approximate surface area is 126 Å². The molecule has 0 bridgehead atoms. The van der Waals surface area contributed by atoms with Gasteiger partial charge in [0.2, 0.25) is 0 Å². The van der Waals surface area contributed by atoms with Crippen molar-refractivity contribution in [2.75, 3.05) is 13.1 Å². The van der Waals surface area contributed by atoms with E-state index < -0.39 is 6.10 Å². The highest BCUT2D eigenvalue weighted by molar-refractivity contribution is 9.10. The fourth-order valence-electron chi connectivity index (χ4n) is 2.59. The number of aliphatic hydroxyl groups is 1. The molecule has 0 amide bonds. The van der Waals surface area contributed by atoms with E-state index in [0.29, 0.717) is 6.54 Å². The first kappa shape index (κ1) is 13.7. The second kappa shape index (κ2) is 5.63. The van der Waals surface area contributed by atoms with E-state index in [4.69, 9.17) is 0 Å². The monoisotopic (exact) mass is 336 g/mol. The van der Waals surface area contributed by atoms with E-state index in [-0.39, 0.29) is 0 Å². The van der Waals surface area contributed by atoms with Gasteiger partial charge in [-0.3, -0.25) is 9.58 Å². The van der Waals surface area contributed by atoms with Crippen molar-refractivity contribution in [2.24, 2.45) is 7.05 Å². The van der Waals surface area contributed by atoms with Crippen LogP contribution in [0.4, 0.5) is 0 Å². The Kier molecular flexibility index (Phi) is 3.87. The van der Waals surface area contributed by atoms with E-state index in [9.17, 15) is 5.11 Å². The number of aromatic nitrogens is 3. The maximum atomic E-state index is 10.3. The third kappa shape index (κ3) is 2.77. The molecule has 106 valence electrons. The molecule has 0 unspecified atom stereocenters. The van der Waals surface area contributed by atoms with Gasteiger partial charge in [0.15, 0.2) is 0 Å². The van der Waals surface area contributed by atoms with Gasteiger partial charge < -0.3 is 5.11 Å². The summed E-state index contributed by atoms with van der Waals surface area (Å²) in [6.45, 7) is 2.32. The van der Waals surface area contributed by atoms with Crippen molar-refractivity contribution in [2.45, 2.75) is 19.1 Å². The summed E-state index contributed by atoms with van der Waals surface area (Å²) in [5.41, 5.74) is 3.18. The largest absolute Gasteiger partial charge is 0.387 e. The summed E-state index contributed by atoms with van der Waals surface area (Å²) in [5.74, 6) is 0. The quantitative estimate of drug-likeness (QED) is 0.926. The molecule has 1 N–H and O–H groups in total. The number of benzene rings is 1. The van der Waals surface area contributed by atoms with Crippen LogP contribution in [0.25, 0.3) is 0 Å². The van der Waals surface area contributed by atoms with Crippen LogP contribution in [0, 0.1) is 0 Å². The first-order valence-corrected chi connectivity index (χ1v) is 7.46. The summed E-state index contributed by atoms with van der Waals surface area (Å²) in [7, 11) is 1.93. The number of β-amino-alcohol motifs (C(OH)–C–C–N with tert-alkyl or cyclic N) is 1.